The Balaban J connectivity index is 2.23. The maximum atomic E-state index is 12.4. The van der Waals surface area contributed by atoms with Crippen LogP contribution in [0.3, 0.4) is 0 Å². The summed E-state index contributed by atoms with van der Waals surface area (Å²) in [5, 5.41) is 2.92. The average Bonchev–Trinajstić information content (AvgIpc) is 2.62. The number of carbonyl (C=O) groups excluding carboxylic acids is 2. The van der Waals surface area contributed by atoms with E-state index in [1.807, 2.05) is 24.3 Å². The first kappa shape index (κ1) is 15.5. The predicted molar refractivity (Wildman–Crippen MR) is 84.2 cm³/mol. The van der Waals surface area contributed by atoms with Crippen molar-refractivity contribution >= 4 is 17.5 Å². The molecular weight excluding hydrogens is 264 g/mol. The Morgan fingerprint density at radius 3 is 2.67 bits per heavy atom. The maximum Gasteiger partial charge on any atom is 0.242 e. The Bertz CT molecular complexity index is 525. The zero-order chi connectivity index (χ0) is 15.4. The quantitative estimate of drug-likeness (QED) is 0.925. The van der Waals surface area contributed by atoms with Crippen LogP contribution in [0.4, 0.5) is 5.69 Å². The van der Waals surface area contributed by atoms with Crippen LogP contribution >= 0.6 is 0 Å². The van der Waals surface area contributed by atoms with Gasteiger partial charge in [0, 0.05) is 18.7 Å². The van der Waals surface area contributed by atoms with Crippen LogP contribution in [0.5, 0.6) is 0 Å². The van der Waals surface area contributed by atoms with Gasteiger partial charge in [-0.25, -0.2) is 0 Å². The van der Waals surface area contributed by atoms with Crippen LogP contribution in [-0.4, -0.2) is 24.4 Å². The highest BCUT2D eigenvalue weighted by molar-refractivity contribution is 6.01. The zero-order valence-corrected chi connectivity index (χ0v) is 13.1. The number of para-hydroxylation sites is 1. The van der Waals surface area contributed by atoms with Crippen LogP contribution in [0, 0.1) is 5.92 Å². The first-order valence-electron chi connectivity index (χ1n) is 7.68. The largest absolute Gasteiger partial charge is 0.354 e. The van der Waals surface area contributed by atoms with E-state index < -0.39 is 6.04 Å². The number of hydrogen-bond acceptors (Lipinski definition) is 2. The van der Waals surface area contributed by atoms with Gasteiger partial charge in [-0.2, -0.15) is 0 Å². The second-order valence-electron chi connectivity index (χ2n) is 6.06. The van der Waals surface area contributed by atoms with Gasteiger partial charge >= 0.3 is 0 Å². The molecule has 1 heterocycles. The molecule has 1 N–H and O–H groups in total. The molecule has 1 aromatic carbocycles. The molecule has 0 aliphatic carbocycles. The van der Waals surface area contributed by atoms with Gasteiger partial charge in [0.2, 0.25) is 11.8 Å². The summed E-state index contributed by atoms with van der Waals surface area (Å²) in [4.78, 5) is 26.4. The fourth-order valence-electron chi connectivity index (χ4n) is 2.64. The fourth-order valence-corrected chi connectivity index (χ4v) is 2.64. The summed E-state index contributed by atoms with van der Waals surface area (Å²) in [6, 6.07) is 7.40. The molecule has 0 saturated carbocycles. The molecule has 2 amide bonds. The molecule has 0 bridgehead atoms. The van der Waals surface area contributed by atoms with E-state index in [0.29, 0.717) is 18.9 Å². The summed E-state index contributed by atoms with van der Waals surface area (Å²) in [6.07, 6.45) is 2.22. The van der Waals surface area contributed by atoms with Gasteiger partial charge in [-0.3, -0.25) is 14.5 Å². The van der Waals surface area contributed by atoms with Crippen molar-refractivity contribution in [3.8, 4) is 0 Å². The van der Waals surface area contributed by atoms with Gasteiger partial charge in [0.25, 0.3) is 0 Å². The number of nitrogens with one attached hydrogen (secondary N) is 1. The first-order chi connectivity index (χ1) is 10.0. The maximum absolute atomic E-state index is 12.4. The molecule has 1 aliphatic heterocycles. The summed E-state index contributed by atoms with van der Waals surface area (Å²) in [7, 11) is 0. The Kier molecular flexibility index (Phi) is 4.99. The summed E-state index contributed by atoms with van der Waals surface area (Å²) in [5.41, 5.74) is 2.03. The monoisotopic (exact) mass is 288 g/mol. The van der Waals surface area contributed by atoms with Gasteiger partial charge in [0.1, 0.15) is 6.04 Å². The van der Waals surface area contributed by atoms with Gasteiger partial charge in [-0.15, -0.1) is 0 Å². The third kappa shape index (κ3) is 3.63. The standard InChI is InChI=1S/C17H24N2O2/c1-12(2)11-18-17(21)13(3)19-15-9-5-4-7-14(15)8-6-10-16(19)20/h4-5,7,9,12-13H,6,8,10-11H2,1-3H3,(H,18,21)/t13-/m1/s1. The summed E-state index contributed by atoms with van der Waals surface area (Å²) < 4.78 is 0. The lowest BCUT2D eigenvalue weighted by molar-refractivity contribution is -0.126. The van der Waals surface area contributed by atoms with E-state index in [-0.39, 0.29) is 11.8 Å². The number of aryl methyl sites for hydroxylation is 1. The second kappa shape index (κ2) is 6.74. The van der Waals surface area contributed by atoms with E-state index in [0.717, 1.165) is 24.1 Å². The molecular formula is C17H24N2O2. The normalized spacial score (nSPS) is 16.4. The van der Waals surface area contributed by atoms with E-state index in [1.165, 1.54) is 0 Å². The van der Waals surface area contributed by atoms with E-state index in [4.69, 9.17) is 0 Å². The number of nitrogens with zero attached hydrogens (tertiary/aromatic N) is 1. The van der Waals surface area contributed by atoms with Crippen LogP contribution in [0.25, 0.3) is 0 Å². The van der Waals surface area contributed by atoms with E-state index in [9.17, 15) is 9.59 Å². The number of carbonyl (C=O) groups is 2. The molecule has 4 heteroatoms. The number of hydrogen-bond donors (Lipinski definition) is 1. The predicted octanol–water partition coefficient (Wildman–Crippen LogP) is 2.52. The molecule has 4 nitrogen and oxygen atoms in total. The van der Waals surface area contributed by atoms with Gasteiger partial charge in [0.05, 0.1) is 0 Å². The summed E-state index contributed by atoms with van der Waals surface area (Å²) in [6.45, 7) is 6.54. The van der Waals surface area contributed by atoms with Crippen molar-refractivity contribution < 1.29 is 9.59 Å². The molecule has 0 spiro atoms. The first-order valence-corrected chi connectivity index (χ1v) is 7.68. The van der Waals surface area contributed by atoms with Crippen LogP contribution in [0.2, 0.25) is 0 Å². The van der Waals surface area contributed by atoms with E-state index >= 15 is 0 Å². The van der Waals surface area contributed by atoms with Gasteiger partial charge in [-0.1, -0.05) is 32.0 Å². The molecule has 0 aromatic heterocycles. The third-order valence-electron chi connectivity index (χ3n) is 3.81. The van der Waals surface area contributed by atoms with Crippen molar-refractivity contribution in [2.75, 3.05) is 11.4 Å². The number of rotatable bonds is 4. The van der Waals surface area contributed by atoms with E-state index in [2.05, 4.69) is 19.2 Å². The zero-order valence-electron chi connectivity index (χ0n) is 13.1. The van der Waals surface area contributed by atoms with Crippen LogP contribution in [-0.2, 0) is 16.0 Å². The van der Waals surface area contributed by atoms with Crippen molar-refractivity contribution in [2.24, 2.45) is 5.92 Å². The average molecular weight is 288 g/mol. The minimum atomic E-state index is -0.476. The van der Waals surface area contributed by atoms with Crippen molar-refractivity contribution in [3.63, 3.8) is 0 Å². The highest BCUT2D eigenvalue weighted by Crippen LogP contribution is 2.28. The van der Waals surface area contributed by atoms with Crippen LogP contribution in [0.15, 0.2) is 24.3 Å². The minimum Gasteiger partial charge on any atom is -0.354 e. The second-order valence-corrected chi connectivity index (χ2v) is 6.06. The number of fused-ring (bicyclic) bond motifs is 1. The lowest BCUT2D eigenvalue weighted by Crippen LogP contribution is -2.48. The van der Waals surface area contributed by atoms with Gasteiger partial charge in [0.15, 0.2) is 0 Å². The van der Waals surface area contributed by atoms with Crippen LogP contribution in [0.1, 0.15) is 39.2 Å². The molecule has 1 atom stereocenters. The summed E-state index contributed by atoms with van der Waals surface area (Å²) in [5.74, 6) is 0.342. The minimum absolute atomic E-state index is 0.0344. The van der Waals surface area contributed by atoms with Crippen molar-refractivity contribution in [3.05, 3.63) is 29.8 Å². The molecule has 21 heavy (non-hydrogen) atoms. The van der Waals surface area contributed by atoms with Gasteiger partial charge in [-0.05, 0) is 37.3 Å². The Hall–Kier alpha value is -1.84. The molecule has 1 aromatic rings. The summed E-state index contributed by atoms with van der Waals surface area (Å²) >= 11 is 0. The number of benzene rings is 1. The lowest BCUT2D eigenvalue weighted by Gasteiger charge is -2.29. The topological polar surface area (TPSA) is 49.4 Å². The fraction of sp³-hybridized carbons (Fsp3) is 0.529. The SMILES string of the molecule is CC(C)CNC(=O)[C@@H](C)N1C(=O)CCCc2ccccc21. The Morgan fingerprint density at radius 2 is 1.95 bits per heavy atom. The van der Waals surface area contributed by atoms with Crippen LogP contribution < -0.4 is 10.2 Å². The number of amides is 2. The highest BCUT2D eigenvalue weighted by atomic mass is 16.2. The van der Waals surface area contributed by atoms with Crippen molar-refractivity contribution in [1.82, 2.24) is 5.32 Å². The third-order valence-corrected chi connectivity index (χ3v) is 3.81. The Labute approximate surface area is 126 Å². The van der Waals surface area contributed by atoms with Crippen molar-refractivity contribution in [1.29, 1.82) is 0 Å². The van der Waals surface area contributed by atoms with Crippen molar-refractivity contribution in [2.45, 2.75) is 46.1 Å². The molecule has 0 fully saturated rings. The Morgan fingerprint density at radius 1 is 1.24 bits per heavy atom. The molecule has 1 aliphatic rings. The molecule has 2 rings (SSSR count). The van der Waals surface area contributed by atoms with Gasteiger partial charge < -0.3 is 5.32 Å². The van der Waals surface area contributed by atoms with E-state index in [1.54, 1.807) is 11.8 Å². The number of anilines is 1. The lowest BCUT2D eigenvalue weighted by atomic mass is 10.1. The highest BCUT2D eigenvalue weighted by Gasteiger charge is 2.30. The molecule has 114 valence electrons. The molecule has 0 saturated heterocycles. The molecule has 0 radical (unpaired) electrons. The smallest absolute Gasteiger partial charge is 0.242 e. The molecule has 0 unspecified atom stereocenters.